The highest BCUT2D eigenvalue weighted by atomic mass is 19.1. The van der Waals surface area contributed by atoms with Crippen molar-refractivity contribution >= 4 is 16.8 Å². The number of benzene rings is 2. The number of fused-ring (bicyclic) bond motifs is 1. The SMILES string of the molecule is COc1cnc2c(Oc3ccc(CC(=O)c4nccn(-c5ccc(F)cc5)c4=O)cc3F)ccnc2c1. The Morgan fingerprint density at radius 1 is 0.946 bits per heavy atom. The maximum Gasteiger partial charge on any atom is 0.284 e. The first kappa shape index (κ1) is 23.7. The van der Waals surface area contributed by atoms with Crippen molar-refractivity contribution in [3.05, 3.63) is 113 Å². The first-order chi connectivity index (χ1) is 17.9. The molecule has 0 unspecified atom stereocenters. The van der Waals surface area contributed by atoms with Crippen LogP contribution in [0.5, 0.6) is 17.2 Å². The van der Waals surface area contributed by atoms with Crippen LogP contribution < -0.4 is 15.0 Å². The fourth-order valence-electron chi connectivity index (χ4n) is 3.71. The van der Waals surface area contributed by atoms with Crippen molar-refractivity contribution < 1.29 is 23.0 Å². The van der Waals surface area contributed by atoms with E-state index in [4.69, 9.17) is 9.47 Å². The molecule has 0 N–H and O–H groups in total. The molecule has 0 amide bonds. The Balaban J connectivity index is 1.36. The van der Waals surface area contributed by atoms with Crippen molar-refractivity contribution in [3.8, 4) is 22.9 Å². The Morgan fingerprint density at radius 2 is 1.76 bits per heavy atom. The van der Waals surface area contributed by atoms with E-state index in [9.17, 15) is 18.4 Å². The number of aromatic nitrogens is 4. The standard InChI is InChI=1S/C27H18F2N4O4/c1-36-19-14-21-25(32-15-19)24(8-9-30-21)37-23-7-2-16(12-20(23)29)13-22(34)26-27(35)33(11-10-31-26)18-5-3-17(28)4-6-18/h2-12,14-15H,13H2,1H3. The summed E-state index contributed by atoms with van der Waals surface area (Å²) in [5.74, 6) is -0.996. The lowest BCUT2D eigenvalue weighted by Crippen LogP contribution is -2.27. The lowest BCUT2D eigenvalue weighted by Gasteiger charge is -2.10. The highest BCUT2D eigenvalue weighted by Gasteiger charge is 2.17. The summed E-state index contributed by atoms with van der Waals surface area (Å²) in [6.45, 7) is 0. The third-order valence-corrected chi connectivity index (χ3v) is 5.54. The Kier molecular flexibility index (Phi) is 6.38. The van der Waals surface area contributed by atoms with Gasteiger partial charge in [0.2, 0.25) is 0 Å². The van der Waals surface area contributed by atoms with Gasteiger partial charge < -0.3 is 9.47 Å². The van der Waals surface area contributed by atoms with Gasteiger partial charge in [0, 0.05) is 42.8 Å². The second kappa shape index (κ2) is 9.94. The molecule has 184 valence electrons. The van der Waals surface area contributed by atoms with E-state index in [2.05, 4.69) is 15.0 Å². The van der Waals surface area contributed by atoms with Crippen LogP contribution in [0, 0.1) is 11.6 Å². The maximum atomic E-state index is 14.9. The van der Waals surface area contributed by atoms with Crippen molar-refractivity contribution in [2.75, 3.05) is 7.11 Å². The Bertz CT molecular complexity index is 1690. The second-order valence-corrected chi connectivity index (χ2v) is 7.95. The minimum absolute atomic E-state index is 0.0715. The van der Waals surface area contributed by atoms with Crippen LogP contribution in [0.25, 0.3) is 16.7 Å². The molecule has 0 spiro atoms. The van der Waals surface area contributed by atoms with E-state index in [0.717, 1.165) is 6.07 Å². The molecule has 0 aliphatic carbocycles. The smallest absolute Gasteiger partial charge is 0.284 e. The molecule has 2 aromatic carbocycles. The maximum absolute atomic E-state index is 14.9. The number of rotatable bonds is 7. The molecule has 0 aliphatic heterocycles. The van der Waals surface area contributed by atoms with Crippen molar-refractivity contribution in [1.82, 2.24) is 19.5 Å². The molecule has 0 saturated carbocycles. The summed E-state index contributed by atoms with van der Waals surface area (Å²) in [6, 6.07) is 12.6. The monoisotopic (exact) mass is 500 g/mol. The predicted molar refractivity (Wildman–Crippen MR) is 130 cm³/mol. The summed E-state index contributed by atoms with van der Waals surface area (Å²) in [7, 11) is 1.51. The number of methoxy groups -OCH3 is 1. The number of hydrogen-bond donors (Lipinski definition) is 0. The number of ketones is 1. The van der Waals surface area contributed by atoms with Gasteiger partial charge in [-0.2, -0.15) is 0 Å². The molecule has 5 rings (SSSR count). The molecule has 5 aromatic rings. The highest BCUT2D eigenvalue weighted by molar-refractivity contribution is 5.95. The molecule has 37 heavy (non-hydrogen) atoms. The number of nitrogens with zero attached hydrogens (tertiary/aromatic N) is 4. The van der Waals surface area contributed by atoms with Gasteiger partial charge in [0.15, 0.2) is 28.8 Å². The molecule has 3 aromatic heterocycles. The lowest BCUT2D eigenvalue weighted by atomic mass is 10.1. The Hall–Kier alpha value is -4.99. The van der Waals surface area contributed by atoms with Crippen LogP contribution in [0.4, 0.5) is 8.78 Å². The zero-order valence-electron chi connectivity index (χ0n) is 19.4. The topological polar surface area (TPSA) is 96.2 Å². The molecule has 0 saturated heterocycles. The number of Topliss-reactive ketones (excluding diaryl/α,β-unsaturated/α-hetero) is 1. The zero-order chi connectivity index (χ0) is 25.9. The number of hydrogen-bond acceptors (Lipinski definition) is 7. The van der Waals surface area contributed by atoms with Crippen LogP contribution in [-0.2, 0) is 6.42 Å². The van der Waals surface area contributed by atoms with Gasteiger partial charge in [0.25, 0.3) is 5.56 Å². The molecule has 0 aliphatic rings. The summed E-state index contributed by atoms with van der Waals surface area (Å²) in [4.78, 5) is 38.1. The Morgan fingerprint density at radius 3 is 2.51 bits per heavy atom. The quantitative estimate of drug-likeness (QED) is 0.300. The minimum Gasteiger partial charge on any atom is -0.495 e. The van der Waals surface area contributed by atoms with Crippen molar-refractivity contribution in [2.45, 2.75) is 6.42 Å². The van der Waals surface area contributed by atoms with Crippen molar-refractivity contribution in [3.63, 3.8) is 0 Å². The van der Waals surface area contributed by atoms with Crippen LogP contribution in [0.15, 0.2) is 84.2 Å². The van der Waals surface area contributed by atoms with E-state index in [1.165, 1.54) is 72.9 Å². The molecule has 8 nitrogen and oxygen atoms in total. The van der Waals surface area contributed by atoms with Crippen LogP contribution in [-0.4, -0.2) is 32.4 Å². The van der Waals surface area contributed by atoms with Crippen molar-refractivity contribution in [1.29, 1.82) is 0 Å². The fourth-order valence-corrected chi connectivity index (χ4v) is 3.71. The summed E-state index contributed by atoms with van der Waals surface area (Å²) in [5.41, 5.74) is 0.684. The Labute approximate surface area is 208 Å². The van der Waals surface area contributed by atoms with E-state index < -0.39 is 23.0 Å². The molecule has 0 fully saturated rings. The molecule has 3 heterocycles. The van der Waals surface area contributed by atoms with E-state index >= 15 is 0 Å². The minimum atomic E-state index is -0.700. The number of pyridine rings is 2. The van der Waals surface area contributed by atoms with Crippen LogP contribution in [0.1, 0.15) is 16.1 Å². The van der Waals surface area contributed by atoms with Gasteiger partial charge in [0.05, 0.1) is 18.8 Å². The molecule has 0 atom stereocenters. The summed E-state index contributed by atoms with van der Waals surface area (Å²) in [5, 5.41) is 0. The predicted octanol–water partition coefficient (Wildman–Crippen LogP) is 4.68. The second-order valence-electron chi connectivity index (χ2n) is 7.95. The summed E-state index contributed by atoms with van der Waals surface area (Å²) >= 11 is 0. The third-order valence-electron chi connectivity index (χ3n) is 5.54. The van der Waals surface area contributed by atoms with E-state index in [0.29, 0.717) is 33.8 Å². The van der Waals surface area contributed by atoms with Gasteiger partial charge in [-0.1, -0.05) is 6.07 Å². The van der Waals surface area contributed by atoms with Gasteiger partial charge in [0.1, 0.15) is 17.1 Å². The number of halogens is 2. The van der Waals surface area contributed by atoms with Gasteiger partial charge >= 0.3 is 0 Å². The summed E-state index contributed by atoms with van der Waals surface area (Å²) < 4.78 is 40.2. The molecular weight excluding hydrogens is 482 g/mol. The van der Waals surface area contributed by atoms with E-state index in [1.54, 1.807) is 12.1 Å². The number of carbonyl (C=O) groups excluding carboxylic acids is 1. The number of carbonyl (C=O) groups is 1. The third kappa shape index (κ3) is 4.90. The summed E-state index contributed by atoms with van der Waals surface area (Å²) in [6.07, 6.45) is 5.44. The molecule has 0 radical (unpaired) electrons. The van der Waals surface area contributed by atoms with Crippen LogP contribution in [0.3, 0.4) is 0 Å². The first-order valence-electron chi connectivity index (χ1n) is 11.0. The molecular formula is C27H18F2N4O4. The van der Waals surface area contributed by atoms with Crippen LogP contribution in [0.2, 0.25) is 0 Å². The normalized spacial score (nSPS) is 10.9. The largest absolute Gasteiger partial charge is 0.495 e. The van der Waals surface area contributed by atoms with E-state index in [-0.39, 0.29) is 17.9 Å². The molecule has 0 bridgehead atoms. The fraction of sp³-hybridized carbons (Fsp3) is 0.0741. The molecule has 10 heteroatoms. The average molecular weight is 500 g/mol. The highest BCUT2D eigenvalue weighted by Crippen LogP contribution is 2.30. The van der Waals surface area contributed by atoms with Gasteiger partial charge in [-0.15, -0.1) is 0 Å². The lowest BCUT2D eigenvalue weighted by molar-refractivity contribution is 0.0986. The van der Waals surface area contributed by atoms with Crippen LogP contribution >= 0.6 is 0 Å². The van der Waals surface area contributed by atoms with E-state index in [1.807, 2.05) is 0 Å². The van der Waals surface area contributed by atoms with Gasteiger partial charge in [-0.25, -0.2) is 18.7 Å². The first-order valence-corrected chi connectivity index (χ1v) is 11.0. The zero-order valence-corrected chi connectivity index (χ0v) is 19.4. The van der Waals surface area contributed by atoms with Gasteiger partial charge in [-0.05, 0) is 42.0 Å². The van der Waals surface area contributed by atoms with Gasteiger partial charge in [-0.3, -0.25) is 19.1 Å². The number of ether oxygens (including phenoxy) is 2. The van der Waals surface area contributed by atoms with Crippen molar-refractivity contribution in [2.24, 2.45) is 0 Å². The average Bonchev–Trinajstić information content (AvgIpc) is 2.90.